The molecular weight excluding hydrogens is 279 g/mol. The maximum absolute atomic E-state index is 13.8. The molecule has 2 heterocycles. The predicted octanol–water partition coefficient (Wildman–Crippen LogP) is 3.34. The van der Waals surface area contributed by atoms with Gasteiger partial charge in [0.2, 0.25) is 0 Å². The Morgan fingerprint density at radius 2 is 1.77 bits per heavy atom. The molecule has 116 valence electrons. The summed E-state index contributed by atoms with van der Waals surface area (Å²) in [5.41, 5.74) is 0.666. The highest BCUT2D eigenvalue weighted by Crippen LogP contribution is 2.54. The SMILES string of the molecule is Cn1ccc2c(NC3C4CC5CC(C4)CC3C5)nc(F)nc21. The lowest BCUT2D eigenvalue weighted by Gasteiger charge is -2.54. The molecule has 4 bridgehead atoms. The largest absolute Gasteiger partial charge is 0.366 e. The van der Waals surface area contributed by atoms with Gasteiger partial charge >= 0.3 is 6.08 Å². The molecule has 4 aliphatic rings. The Bertz CT molecular complexity index is 710. The van der Waals surface area contributed by atoms with Gasteiger partial charge in [-0.25, -0.2) is 0 Å². The Kier molecular flexibility index (Phi) is 2.59. The molecule has 0 aromatic carbocycles. The van der Waals surface area contributed by atoms with E-state index in [9.17, 15) is 4.39 Å². The van der Waals surface area contributed by atoms with Crippen LogP contribution in [0.2, 0.25) is 0 Å². The smallest absolute Gasteiger partial charge is 0.312 e. The Morgan fingerprint density at radius 3 is 2.45 bits per heavy atom. The summed E-state index contributed by atoms with van der Waals surface area (Å²) in [5.74, 6) is 4.06. The number of hydrogen-bond donors (Lipinski definition) is 1. The zero-order chi connectivity index (χ0) is 14.8. The maximum atomic E-state index is 13.8. The number of nitrogens with zero attached hydrogens (tertiary/aromatic N) is 3. The van der Waals surface area contributed by atoms with Crippen LogP contribution >= 0.6 is 0 Å². The van der Waals surface area contributed by atoms with Crippen molar-refractivity contribution in [3.05, 3.63) is 18.3 Å². The Morgan fingerprint density at radius 1 is 1.09 bits per heavy atom. The summed E-state index contributed by atoms with van der Waals surface area (Å²) in [4.78, 5) is 7.99. The van der Waals surface area contributed by atoms with Gasteiger partial charge in [-0.1, -0.05) is 0 Å². The van der Waals surface area contributed by atoms with Gasteiger partial charge in [0.25, 0.3) is 0 Å². The molecule has 4 nitrogen and oxygen atoms in total. The number of nitrogens with one attached hydrogen (secondary N) is 1. The summed E-state index contributed by atoms with van der Waals surface area (Å²) in [6.45, 7) is 0. The van der Waals surface area contributed by atoms with Crippen LogP contribution in [0.15, 0.2) is 12.3 Å². The zero-order valence-electron chi connectivity index (χ0n) is 12.8. The normalized spacial score (nSPS) is 36.2. The molecule has 22 heavy (non-hydrogen) atoms. The molecule has 6 rings (SSSR count). The van der Waals surface area contributed by atoms with Crippen molar-refractivity contribution < 1.29 is 4.39 Å². The van der Waals surface area contributed by atoms with Crippen LogP contribution in [0.3, 0.4) is 0 Å². The molecular formula is C17H21FN4. The third-order valence-corrected chi connectivity index (χ3v) is 6.23. The van der Waals surface area contributed by atoms with Gasteiger partial charge in [-0.3, -0.25) is 0 Å². The van der Waals surface area contributed by atoms with E-state index in [-0.39, 0.29) is 0 Å². The highest BCUT2D eigenvalue weighted by molar-refractivity contribution is 5.87. The highest BCUT2D eigenvalue weighted by atomic mass is 19.1. The summed E-state index contributed by atoms with van der Waals surface area (Å²) in [5, 5.41) is 4.55. The van der Waals surface area contributed by atoms with Crippen LogP contribution in [0.5, 0.6) is 0 Å². The third-order valence-electron chi connectivity index (χ3n) is 6.23. The minimum Gasteiger partial charge on any atom is -0.366 e. The zero-order valence-corrected chi connectivity index (χ0v) is 12.8. The summed E-state index contributed by atoms with van der Waals surface area (Å²) in [6, 6.07) is 2.44. The molecule has 0 saturated heterocycles. The number of fused-ring (bicyclic) bond motifs is 1. The number of aryl methyl sites for hydroxylation is 1. The van der Waals surface area contributed by atoms with Gasteiger partial charge in [-0.2, -0.15) is 14.4 Å². The highest BCUT2D eigenvalue weighted by Gasteiger charge is 2.48. The van der Waals surface area contributed by atoms with E-state index >= 15 is 0 Å². The number of hydrogen-bond acceptors (Lipinski definition) is 3. The van der Waals surface area contributed by atoms with Gasteiger partial charge in [0.1, 0.15) is 11.5 Å². The van der Waals surface area contributed by atoms with Gasteiger partial charge in [0.05, 0.1) is 5.39 Å². The first-order valence-electron chi connectivity index (χ1n) is 8.42. The molecule has 0 unspecified atom stereocenters. The van der Waals surface area contributed by atoms with Gasteiger partial charge in [0, 0.05) is 19.3 Å². The molecule has 0 radical (unpaired) electrons. The quantitative estimate of drug-likeness (QED) is 0.865. The lowest BCUT2D eigenvalue weighted by atomic mass is 9.54. The second kappa shape index (κ2) is 4.43. The van der Waals surface area contributed by atoms with Crippen LogP contribution in [-0.2, 0) is 7.05 Å². The second-order valence-electron chi connectivity index (χ2n) is 7.61. The molecule has 5 heteroatoms. The van der Waals surface area contributed by atoms with Crippen LogP contribution in [0.25, 0.3) is 11.0 Å². The van der Waals surface area contributed by atoms with E-state index in [1.807, 2.05) is 23.9 Å². The number of halogens is 1. The van der Waals surface area contributed by atoms with Crippen LogP contribution < -0.4 is 5.32 Å². The Labute approximate surface area is 129 Å². The molecule has 2 aromatic rings. The second-order valence-corrected chi connectivity index (χ2v) is 7.61. The molecule has 0 aliphatic heterocycles. The van der Waals surface area contributed by atoms with E-state index in [0.29, 0.717) is 17.5 Å². The first-order chi connectivity index (χ1) is 10.7. The average molecular weight is 300 g/mol. The fourth-order valence-electron chi connectivity index (χ4n) is 5.54. The third kappa shape index (κ3) is 1.80. The van der Waals surface area contributed by atoms with Crippen molar-refractivity contribution in [2.75, 3.05) is 5.32 Å². The van der Waals surface area contributed by atoms with Crippen LogP contribution in [0.4, 0.5) is 10.2 Å². The van der Waals surface area contributed by atoms with E-state index < -0.39 is 6.08 Å². The first kappa shape index (κ1) is 12.9. The maximum Gasteiger partial charge on any atom is 0.312 e. The molecule has 0 spiro atoms. The summed E-state index contributed by atoms with van der Waals surface area (Å²) in [7, 11) is 1.89. The summed E-state index contributed by atoms with van der Waals surface area (Å²) >= 11 is 0. The molecule has 4 fully saturated rings. The summed E-state index contributed by atoms with van der Waals surface area (Å²) < 4.78 is 15.6. The topological polar surface area (TPSA) is 42.7 Å². The monoisotopic (exact) mass is 300 g/mol. The lowest BCUT2D eigenvalue weighted by molar-refractivity contribution is 0.00744. The van der Waals surface area contributed by atoms with E-state index in [2.05, 4.69) is 15.3 Å². The molecule has 4 saturated carbocycles. The van der Waals surface area contributed by atoms with Crippen molar-refractivity contribution >= 4 is 16.9 Å². The number of aromatic nitrogens is 3. The standard InChI is InChI=1S/C17H21FN4/c1-22-3-2-13-15(20-17(18)21-16(13)22)19-14-11-5-9-4-10(7-11)8-12(14)6-9/h2-3,9-12,14H,4-8H2,1H3,(H,19,20,21). The van der Waals surface area contributed by atoms with Gasteiger partial charge in [-0.15, -0.1) is 0 Å². The minimum atomic E-state index is -0.638. The van der Waals surface area contributed by atoms with Gasteiger partial charge in [-0.05, 0) is 61.8 Å². The van der Waals surface area contributed by atoms with E-state index in [1.165, 1.54) is 32.1 Å². The van der Waals surface area contributed by atoms with E-state index in [4.69, 9.17) is 0 Å². The lowest BCUT2D eigenvalue weighted by Crippen LogP contribution is -2.51. The fraction of sp³-hybridized carbons (Fsp3) is 0.647. The number of anilines is 1. The van der Waals surface area contributed by atoms with Crippen molar-refractivity contribution in [1.82, 2.24) is 14.5 Å². The van der Waals surface area contributed by atoms with Crippen molar-refractivity contribution in [2.24, 2.45) is 30.7 Å². The average Bonchev–Trinajstić information content (AvgIpc) is 2.83. The Hall–Kier alpha value is -1.65. The van der Waals surface area contributed by atoms with Gasteiger partial charge in [0.15, 0.2) is 0 Å². The van der Waals surface area contributed by atoms with Crippen LogP contribution in [-0.4, -0.2) is 20.6 Å². The van der Waals surface area contributed by atoms with Crippen molar-refractivity contribution in [3.63, 3.8) is 0 Å². The van der Waals surface area contributed by atoms with Crippen LogP contribution in [0.1, 0.15) is 32.1 Å². The number of rotatable bonds is 2. The molecule has 4 aliphatic carbocycles. The molecule has 0 amide bonds. The first-order valence-corrected chi connectivity index (χ1v) is 8.42. The van der Waals surface area contributed by atoms with Crippen molar-refractivity contribution in [1.29, 1.82) is 0 Å². The van der Waals surface area contributed by atoms with Crippen molar-refractivity contribution in [3.8, 4) is 0 Å². The predicted molar refractivity (Wildman–Crippen MR) is 82.9 cm³/mol. The van der Waals surface area contributed by atoms with Crippen LogP contribution in [0, 0.1) is 29.7 Å². The minimum absolute atomic E-state index is 0.463. The van der Waals surface area contributed by atoms with Crippen molar-refractivity contribution in [2.45, 2.75) is 38.1 Å². The molecule has 1 N–H and O–H groups in total. The summed E-state index contributed by atoms with van der Waals surface area (Å²) in [6.07, 6.45) is 8.10. The Balaban J connectivity index is 1.51. The molecule has 2 aromatic heterocycles. The van der Waals surface area contributed by atoms with Gasteiger partial charge < -0.3 is 9.88 Å². The van der Waals surface area contributed by atoms with E-state index in [1.54, 1.807) is 0 Å². The fourth-order valence-corrected chi connectivity index (χ4v) is 5.54. The van der Waals surface area contributed by atoms with E-state index in [0.717, 1.165) is 29.1 Å². The molecule has 0 atom stereocenters.